The van der Waals surface area contributed by atoms with Gasteiger partial charge in [-0.3, -0.25) is 9.98 Å². The number of hydrogen-bond donors (Lipinski definition) is 1. The monoisotopic (exact) mass is 424 g/mol. The highest BCUT2D eigenvalue weighted by Gasteiger charge is 2.21. The van der Waals surface area contributed by atoms with Crippen LogP contribution in [0.4, 0.5) is 5.82 Å². The molecule has 1 aliphatic carbocycles. The molecule has 164 valence electrons. The molecule has 2 aromatic carbocycles. The Balaban J connectivity index is 1.44. The molecule has 1 aliphatic heterocycles. The Morgan fingerprint density at radius 2 is 1.38 bits per heavy atom. The maximum Gasteiger partial charge on any atom is 0.145 e. The van der Waals surface area contributed by atoms with Gasteiger partial charge in [-0.25, -0.2) is 4.98 Å². The Bertz CT molecular complexity index is 1060. The molecular formula is C28H32N4. The van der Waals surface area contributed by atoms with Gasteiger partial charge >= 0.3 is 0 Å². The molecule has 5 rings (SSSR count). The van der Waals surface area contributed by atoms with Crippen LogP contribution < -0.4 is 5.32 Å². The number of aromatic nitrogens is 2. The summed E-state index contributed by atoms with van der Waals surface area (Å²) in [5, 5.41) is 3.73. The molecule has 0 bridgehead atoms. The lowest BCUT2D eigenvalue weighted by atomic mass is 9.96. The van der Waals surface area contributed by atoms with Crippen molar-refractivity contribution in [2.75, 3.05) is 5.32 Å². The standard InChI is InChI=1S/C28H32N4/c1-2-4-9-15-22(16-10-5-3-1)31-26-20-29-25-19-30-27(21-13-7-6-8-14-21)23-17-11-12-18-24(23)28(25)32-26/h6-8,11-14,17-18,20,22H,1-5,9-10,15-16,19H2,(H,31,32). The van der Waals surface area contributed by atoms with E-state index >= 15 is 0 Å². The lowest BCUT2D eigenvalue weighted by Crippen LogP contribution is -2.21. The van der Waals surface area contributed by atoms with E-state index in [-0.39, 0.29) is 0 Å². The van der Waals surface area contributed by atoms with Crippen LogP contribution in [0.25, 0.3) is 11.3 Å². The summed E-state index contributed by atoms with van der Waals surface area (Å²) in [5.74, 6) is 0.892. The quantitative estimate of drug-likeness (QED) is 0.503. The summed E-state index contributed by atoms with van der Waals surface area (Å²) in [5.41, 5.74) is 6.29. The van der Waals surface area contributed by atoms with E-state index in [1.54, 1.807) is 0 Å². The Labute approximate surface area is 191 Å². The molecule has 3 aromatic rings. The highest BCUT2D eigenvalue weighted by molar-refractivity contribution is 6.16. The Morgan fingerprint density at radius 1 is 0.719 bits per heavy atom. The fraction of sp³-hybridized carbons (Fsp3) is 0.393. The zero-order valence-corrected chi connectivity index (χ0v) is 18.8. The number of fused-ring (bicyclic) bond motifs is 3. The number of anilines is 1. The van der Waals surface area contributed by atoms with Crippen molar-refractivity contribution >= 4 is 11.5 Å². The van der Waals surface area contributed by atoms with Crippen LogP contribution in [0.5, 0.6) is 0 Å². The van der Waals surface area contributed by atoms with Gasteiger partial charge in [0.05, 0.1) is 29.8 Å². The van der Waals surface area contributed by atoms with Gasteiger partial charge in [-0.2, -0.15) is 0 Å². The fourth-order valence-electron chi connectivity index (χ4n) is 4.96. The van der Waals surface area contributed by atoms with Crippen LogP contribution in [-0.2, 0) is 6.54 Å². The molecular weight excluding hydrogens is 392 g/mol. The number of benzene rings is 2. The van der Waals surface area contributed by atoms with Crippen LogP contribution in [0.1, 0.15) is 74.6 Å². The minimum absolute atomic E-state index is 0.484. The second kappa shape index (κ2) is 10.1. The van der Waals surface area contributed by atoms with Crippen molar-refractivity contribution in [1.29, 1.82) is 0 Å². The number of rotatable bonds is 3. The van der Waals surface area contributed by atoms with Crippen molar-refractivity contribution in [2.45, 2.75) is 70.4 Å². The van der Waals surface area contributed by atoms with Gasteiger partial charge in [-0.1, -0.05) is 99.5 Å². The predicted octanol–water partition coefficient (Wildman–Crippen LogP) is 6.80. The van der Waals surface area contributed by atoms with Crippen molar-refractivity contribution in [2.24, 2.45) is 4.99 Å². The normalized spacial score (nSPS) is 17.4. The number of nitrogens with zero attached hydrogens (tertiary/aromatic N) is 3. The molecule has 1 N–H and O–H groups in total. The van der Waals surface area contributed by atoms with Gasteiger partial charge in [0.15, 0.2) is 0 Å². The second-order valence-electron chi connectivity index (χ2n) is 9.02. The van der Waals surface area contributed by atoms with Crippen molar-refractivity contribution in [3.63, 3.8) is 0 Å². The first-order chi connectivity index (χ1) is 15.9. The predicted molar refractivity (Wildman–Crippen MR) is 132 cm³/mol. The zero-order chi connectivity index (χ0) is 21.6. The summed E-state index contributed by atoms with van der Waals surface area (Å²) in [7, 11) is 0. The van der Waals surface area contributed by atoms with Gasteiger partial charge in [0.2, 0.25) is 0 Å². The Morgan fingerprint density at radius 3 is 2.12 bits per heavy atom. The van der Waals surface area contributed by atoms with Crippen LogP contribution in [0.2, 0.25) is 0 Å². The van der Waals surface area contributed by atoms with Crippen LogP contribution >= 0.6 is 0 Å². The number of nitrogens with one attached hydrogen (secondary N) is 1. The van der Waals surface area contributed by atoms with Gasteiger partial charge < -0.3 is 5.32 Å². The summed E-state index contributed by atoms with van der Waals surface area (Å²) in [6.45, 7) is 0.547. The second-order valence-corrected chi connectivity index (χ2v) is 9.02. The third kappa shape index (κ3) is 4.74. The van der Waals surface area contributed by atoms with Crippen molar-refractivity contribution in [3.05, 3.63) is 77.6 Å². The summed E-state index contributed by atoms with van der Waals surface area (Å²) in [6.07, 6.45) is 13.8. The first kappa shape index (κ1) is 20.9. The summed E-state index contributed by atoms with van der Waals surface area (Å²) >= 11 is 0. The Hall–Kier alpha value is -3.01. The van der Waals surface area contributed by atoms with Crippen LogP contribution in [0.15, 0.2) is 65.8 Å². The molecule has 2 heterocycles. The average molecular weight is 425 g/mol. The lowest BCUT2D eigenvalue weighted by molar-refractivity contribution is 0.476. The van der Waals surface area contributed by atoms with E-state index in [0.29, 0.717) is 12.6 Å². The lowest BCUT2D eigenvalue weighted by Gasteiger charge is -2.21. The van der Waals surface area contributed by atoms with Gasteiger partial charge in [-0.05, 0) is 12.8 Å². The molecule has 1 saturated carbocycles. The Kier molecular flexibility index (Phi) is 6.57. The fourth-order valence-corrected chi connectivity index (χ4v) is 4.96. The van der Waals surface area contributed by atoms with Crippen molar-refractivity contribution in [1.82, 2.24) is 9.97 Å². The van der Waals surface area contributed by atoms with E-state index in [1.165, 1.54) is 57.8 Å². The minimum Gasteiger partial charge on any atom is -0.366 e. The third-order valence-corrected chi connectivity index (χ3v) is 6.68. The van der Waals surface area contributed by atoms with E-state index in [2.05, 4.69) is 53.8 Å². The average Bonchev–Trinajstić information content (AvgIpc) is 3.01. The van der Waals surface area contributed by atoms with Crippen LogP contribution in [0.3, 0.4) is 0 Å². The molecule has 2 aliphatic rings. The molecule has 1 aromatic heterocycles. The maximum absolute atomic E-state index is 5.09. The van der Waals surface area contributed by atoms with Crippen molar-refractivity contribution in [3.8, 4) is 11.3 Å². The largest absolute Gasteiger partial charge is 0.366 e. The van der Waals surface area contributed by atoms with Crippen molar-refractivity contribution < 1.29 is 0 Å². The van der Waals surface area contributed by atoms with Gasteiger partial charge in [-0.15, -0.1) is 0 Å². The summed E-state index contributed by atoms with van der Waals surface area (Å²) in [6, 6.07) is 19.4. The SMILES string of the molecule is c1ccc(C2=NCc3ncc(NC4CCCCCCCCC4)nc3-c3ccccc32)cc1. The molecule has 0 unspecified atom stereocenters. The molecule has 0 amide bonds. The van der Waals surface area contributed by atoms with E-state index in [9.17, 15) is 0 Å². The van der Waals surface area contributed by atoms with Gasteiger partial charge in [0.1, 0.15) is 5.82 Å². The molecule has 4 heteroatoms. The molecule has 0 radical (unpaired) electrons. The van der Waals surface area contributed by atoms with E-state index in [0.717, 1.165) is 39.6 Å². The van der Waals surface area contributed by atoms with E-state index < -0.39 is 0 Å². The molecule has 0 spiro atoms. The topological polar surface area (TPSA) is 50.2 Å². The molecule has 0 atom stereocenters. The maximum atomic E-state index is 5.09. The molecule has 32 heavy (non-hydrogen) atoms. The van der Waals surface area contributed by atoms with E-state index in [1.807, 2.05) is 12.3 Å². The molecule has 4 nitrogen and oxygen atoms in total. The minimum atomic E-state index is 0.484. The van der Waals surface area contributed by atoms with Crippen LogP contribution in [0, 0.1) is 0 Å². The highest BCUT2D eigenvalue weighted by atomic mass is 15.0. The smallest absolute Gasteiger partial charge is 0.145 e. The van der Waals surface area contributed by atoms with Gasteiger partial charge in [0.25, 0.3) is 0 Å². The molecule has 1 fully saturated rings. The summed E-state index contributed by atoms with van der Waals surface area (Å²) < 4.78 is 0. The highest BCUT2D eigenvalue weighted by Crippen LogP contribution is 2.31. The third-order valence-electron chi connectivity index (χ3n) is 6.68. The van der Waals surface area contributed by atoms with E-state index in [4.69, 9.17) is 15.0 Å². The number of hydrogen-bond acceptors (Lipinski definition) is 4. The first-order valence-corrected chi connectivity index (χ1v) is 12.2. The summed E-state index contributed by atoms with van der Waals surface area (Å²) in [4.78, 5) is 14.9. The van der Waals surface area contributed by atoms with Gasteiger partial charge in [0, 0.05) is 22.7 Å². The number of aliphatic imine (C=N–C) groups is 1. The molecule has 0 saturated heterocycles. The first-order valence-electron chi connectivity index (χ1n) is 12.2. The zero-order valence-electron chi connectivity index (χ0n) is 18.8. The van der Waals surface area contributed by atoms with Crippen LogP contribution in [-0.4, -0.2) is 21.7 Å².